The van der Waals surface area contributed by atoms with Gasteiger partial charge in [0.25, 0.3) is 10.2 Å². The first kappa shape index (κ1) is 18.4. The summed E-state index contributed by atoms with van der Waals surface area (Å²) in [5.74, 6) is 0.0729. The van der Waals surface area contributed by atoms with Crippen LogP contribution in [0.15, 0.2) is 24.3 Å². The normalized spacial score (nSPS) is 15.1. The lowest BCUT2D eigenvalue weighted by atomic mass is 10.1. The summed E-state index contributed by atoms with van der Waals surface area (Å²) in [5.41, 5.74) is 0.865. The Hall–Kier alpha value is -0.660. The zero-order valence-electron chi connectivity index (χ0n) is 12.6. The standard InChI is InChI=1S/C14H23ClN2O3S/c1-11(8-12(2)18)9-16-21(19,20)17(3)10-13-4-6-14(15)7-5-13/h4-7,11-12,16,18H,8-10H2,1-3H3. The van der Waals surface area contributed by atoms with Gasteiger partial charge in [0.05, 0.1) is 6.10 Å². The van der Waals surface area contributed by atoms with Gasteiger partial charge in [-0.15, -0.1) is 0 Å². The predicted molar refractivity (Wildman–Crippen MR) is 85.3 cm³/mol. The number of nitrogens with zero attached hydrogens (tertiary/aromatic N) is 1. The zero-order valence-corrected chi connectivity index (χ0v) is 14.2. The van der Waals surface area contributed by atoms with Crippen molar-refractivity contribution in [1.82, 2.24) is 9.03 Å². The number of hydrogen-bond acceptors (Lipinski definition) is 3. The van der Waals surface area contributed by atoms with E-state index >= 15 is 0 Å². The number of aliphatic hydroxyl groups excluding tert-OH is 1. The molecule has 2 unspecified atom stereocenters. The highest BCUT2D eigenvalue weighted by molar-refractivity contribution is 7.87. The SMILES string of the molecule is CC(O)CC(C)CNS(=O)(=O)N(C)Cc1ccc(Cl)cc1. The largest absolute Gasteiger partial charge is 0.393 e. The molecule has 0 heterocycles. The Balaban J connectivity index is 2.55. The van der Waals surface area contributed by atoms with Crippen molar-refractivity contribution in [3.8, 4) is 0 Å². The topological polar surface area (TPSA) is 69.6 Å². The molecule has 0 aliphatic rings. The van der Waals surface area contributed by atoms with Crippen LogP contribution in [-0.4, -0.2) is 37.5 Å². The van der Waals surface area contributed by atoms with Crippen LogP contribution in [0.4, 0.5) is 0 Å². The Bertz CT molecular complexity index is 532. The number of halogens is 1. The van der Waals surface area contributed by atoms with Crippen molar-refractivity contribution < 1.29 is 13.5 Å². The zero-order chi connectivity index (χ0) is 16.0. The van der Waals surface area contributed by atoms with Gasteiger partial charge in [0.2, 0.25) is 0 Å². The van der Waals surface area contributed by atoms with Gasteiger partial charge < -0.3 is 5.11 Å². The van der Waals surface area contributed by atoms with E-state index < -0.39 is 16.3 Å². The maximum Gasteiger partial charge on any atom is 0.279 e. The fourth-order valence-electron chi connectivity index (χ4n) is 1.96. The molecule has 0 spiro atoms. The molecule has 1 rings (SSSR count). The molecule has 0 saturated carbocycles. The van der Waals surface area contributed by atoms with Crippen molar-refractivity contribution in [2.45, 2.75) is 32.9 Å². The minimum absolute atomic E-state index is 0.0729. The maximum absolute atomic E-state index is 12.1. The van der Waals surface area contributed by atoms with Crippen LogP contribution in [0.2, 0.25) is 5.02 Å². The number of nitrogens with one attached hydrogen (secondary N) is 1. The summed E-state index contributed by atoms with van der Waals surface area (Å²) in [6.07, 6.45) is 0.125. The van der Waals surface area contributed by atoms with E-state index in [1.54, 1.807) is 31.2 Å². The highest BCUT2D eigenvalue weighted by Gasteiger charge is 2.18. The van der Waals surface area contributed by atoms with E-state index in [1.165, 1.54) is 11.4 Å². The van der Waals surface area contributed by atoms with E-state index in [4.69, 9.17) is 11.6 Å². The van der Waals surface area contributed by atoms with Crippen molar-refractivity contribution >= 4 is 21.8 Å². The monoisotopic (exact) mass is 334 g/mol. The average molecular weight is 335 g/mol. The molecule has 7 heteroatoms. The molecule has 1 aromatic rings. The average Bonchev–Trinajstić information content (AvgIpc) is 2.38. The fraction of sp³-hybridized carbons (Fsp3) is 0.571. The second-order valence-electron chi connectivity index (χ2n) is 5.43. The highest BCUT2D eigenvalue weighted by Crippen LogP contribution is 2.12. The Morgan fingerprint density at radius 3 is 2.38 bits per heavy atom. The number of hydrogen-bond donors (Lipinski definition) is 2. The molecule has 120 valence electrons. The van der Waals surface area contributed by atoms with Gasteiger partial charge in [-0.25, -0.2) is 4.72 Å². The first-order valence-corrected chi connectivity index (χ1v) is 8.66. The quantitative estimate of drug-likeness (QED) is 0.764. The van der Waals surface area contributed by atoms with Gasteiger partial charge >= 0.3 is 0 Å². The van der Waals surface area contributed by atoms with Crippen LogP contribution in [0.3, 0.4) is 0 Å². The molecule has 5 nitrogen and oxygen atoms in total. The Labute approximate surface area is 132 Å². The number of rotatable bonds is 8. The van der Waals surface area contributed by atoms with E-state index in [1.807, 2.05) is 6.92 Å². The summed E-state index contributed by atoms with van der Waals surface area (Å²) >= 11 is 5.80. The highest BCUT2D eigenvalue weighted by atomic mass is 35.5. The van der Waals surface area contributed by atoms with Crippen LogP contribution in [0.25, 0.3) is 0 Å². The van der Waals surface area contributed by atoms with E-state index in [9.17, 15) is 13.5 Å². The summed E-state index contributed by atoms with van der Waals surface area (Å²) in [5, 5.41) is 9.90. The van der Waals surface area contributed by atoms with Gasteiger partial charge in [0, 0.05) is 25.2 Å². The molecule has 0 aliphatic heterocycles. The minimum atomic E-state index is -3.53. The van der Waals surface area contributed by atoms with Crippen molar-refractivity contribution in [1.29, 1.82) is 0 Å². The number of aliphatic hydroxyl groups is 1. The molecule has 2 N–H and O–H groups in total. The molecule has 0 aliphatic carbocycles. The molecular weight excluding hydrogens is 312 g/mol. The lowest BCUT2D eigenvalue weighted by Gasteiger charge is -2.20. The molecule has 0 fully saturated rings. The van der Waals surface area contributed by atoms with E-state index in [-0.39, 0.29) is 12.5 Å². The van der Waals surface area contributed by atoms with Crippen molar-refractivity contribution in [3.63, 3.8) is 0 Å². The van der Waals surface area contributed by atoms with Crippen LogP contribution in [-0.2, 0) is 16.8 Å². The van der Waals surface area contributed by atoms with Gasteiger partial charge in [0.1, 0.15) is 0 Å². The van der Waals surface area contributed by atoms with Crippen LogP contribution in [0.1, 0.15) is 25.8 Å². The van der Waals surface area contributed by atoms with Gasteiger partial charge in [-0.05, 0) is 37.0 Å². The summed E-state index contributed by atoms with van der Waals surface area (Å²) in [4.78, 5) is 0. The Kier molecular flexibility index (Phi) is 7.09. The van der Waals surface area contributed by atoms with E-state index in [0.717, 1.165) is 5.56 Å². The molecule has 21 heavy (non-hydrogen) atoms. The Morgan fingerprint density at radius 2 is 1.86 bits per heavy atom. The summed E-state index contributed by atoms with van der Waals surface area (Å²) in [6.45, 7) is 4.17. The second-order valence-corrected chi connectivity index (χ2v) is 7.72. The molecule has 0 saturated heterocycles. The first-order chi connectivity index (χ1) is 9.70. The van der Waals surface area contributed by atoms with Crippen molar-refractivity contribution in [2.24, 2.45) is 5.92 Å². The van der Waals surface area contributed by atoms with Gasteiger partial charge in [-0.1, -0.05) is 30.7 Å². The second kappa shape index (κ2) is 8.10. The van der Waals surface area contributed by atoms with Crippen LogP contribution in [0.5, 0.6) is 0 Å². The molecule has 0 bridgehead atoms. The predicted octanol–water partition coefficient (Wildman–Crippen LogP) is 2.01. The molecule has 0 aromatic heterocycles. The minimum Gasteiger partial charge on any atom is -0.393 e. The third-order valence-electron chi connectivity index (χ3n) is 3.09. The van der Waals surface area contributed by atoms with Crippen molar-refractivity contribution in [2.75, 3.05) is 13.6 Å². The van der Waals surface area contributed by atoms with Gasteiger partial charge in [-0.3, -0.25) is 0 Å². The third-order valence-corrected chi connectivity index (χ3v) is 4.82. The summed E-state index contributed by atoms with van der Waals surface area (Å²) in [6, 6.07) is 7.06. The molecular formula is C14H23ClN2O3S. The van der Waals surface area contributed by atoms with Crippen molar-refractivity contribution in [3.05, 3.63) is 34.9 Å². The lowest BCUT2D eigenvalue weighted by Crippen LogP contribution is -2.40. The van der Waals surface area contributed by atoms with E-state index in [2.05, 4.69) is 4.72 Å². The molecule has 0 amide bonds. The molecule has 0 radical (unpaired) electrons. The number of benzene rings is 1. The summed E-state index contributed by atoms with van der Waals surface area (Å²) in [7, 11) is -2.01. The molecule has 2 atom stereocenters. The van der Waals surface area contributed by atoms with Crippen LogP contribution < -0.4 is 4.72 Å². The fourth-order valence-corrected chi connectivity index (χ4v) is 3.12. The van der Waals surface area contributed by atoms with Crippen LogP contribution >= 0.6 is 11.6 Å². The summed E-state index contributed by atoms with van der Waals surface area (Å²) < 4.78 is 28.0. The first-order valence-electron chi connectivity index (χ1n) is 6.84. The van der Waals surface area contributed by atoms with E-state index in [0.29, 0.717) is 18.0 Å². The Morgan fingerprint density at radius 1 is 1.29 bits per heavy atom. The van der Waals surface area contributed by atoms with Gasteiger partial charge in [0.15, 0.2) is 0 Å². The lowest BCUT2D eigenvalue weighted by molar-refractivity contribution is 0.164. The molecule has 1 aromatic carbocycles. The van der Waals surface area contributed by atoms with Gasteiger partial charge in [-0.2, -0.15) is 12.7 Å². The maximum atomic E-state index is 12.1. The van der Waals surface area contributed by atoms with Crippen LogP contribution in [0, 0.1) is 5.92 Å². The smallest absolute Gasteiger partial charge is 0.279 e. The third kappa shape index (κ3) is 6.76.